The Morgan fingerprint density at radius 2 is 1.80 bits per heavy atom. The van der Waals surface area contributed by atoms with Crippen LogP contribution in [0.3, 0.4) is 0 Å². The fourth-order valence-corrected chi connectivity index (χ4v) is 2.30. The molecule has 0 aliphatic carbocycles. The number of aliphatic hydroxyl groups excluding tert-OH is 1. The van der Waals surface area contributed by atoms with E-state index in [4.69, 9.17) is 15.2 Å². The standard InChI is InChI=1S/C10H23NO3Si/c1-13-10(14-2)15-8-4-6-9(12)5-3-7-11/h9-10,12H,3-8,11H2,1-2H3. The van der Waals surface area contributed by atoms with Crippen LogP contribution in [0, 0.1) is 0 Å². The normalized spacial score (nSPS) is 13.4. The topological polar surface area (TPSA) is 64.7 Å². The molecule has 0 fully saturated rings. The molecule has 0 aromatic heterocycles. The molecule has 0 amide bonds. The van der Waals surface area contributed by atoms with E-state index < -0.39 is 0 Å². The Bertz CT molecular complexity index is 134. The molecular weight excluding hydrogens is 210 g/mol. The van der Waals surface area contributed by atoms with Gasteiger partial charge in [-0.3, -0.25) is 0 Å². The van der Waals surface area contributed by atoms with Crippen molar-refractivity contribution in [3.8, 4) is 0 Å². The molecule has 5 heteroatoms. The lowest BCUT2D eigenvalue weighted by molar-refractivity contribution is -0.0441. The molecule has 1 unspecified atom stereocenters. The van der Waals surface area contributed by atoms with Gasteiger partial charge in [-0.05, 0) is 25.8 Å². The Kier molecular flexibility index (Phi) is 10.6. The lowest BCUT2D eigenvalue weighted by Gasteiger charge is -2.13. The lowest BCUT2D eigenvalue weighted by Crippen LogP contribution is -2.21. The minimum Gasteiger partial charge on any atom is -0.393 e. The molecule has 4 nitrogen and oxygen atoms in total. The van der Waals surface area contributed by atoms with Crippen molar-refractivity contribution < 1.29 is 14.6 Å². The SMILES string of the molecule is COC(OC)[Si]CCCC(O)CCCN. The first kappa shape index (κ1) is 15.1. The van der Waals surface area contributed by atoms with Crippen LogP contribution in [0.5, 0.6) is 0 Å². The van der Waals surface area contributed by atoms with Gasteiger partial charge in [0.25, 0.3) is 0 Å². The smallest absolute Gasteiger partial charge is 0.136 e. The van der Waals surface area contributed by atoms with Gasteiger partial charge in [-0.2, -0.15) is 0 Å². The van der Waals surface area contributed by atoms with E-state index in [0.29, 0.717) is 16.1 Å². The highest BCUT2D eigenvalue weighted by molar-refractivity contribution is 6.36. The summed E-state index contributed by atoms with van der Waals surface area (Å²) in [5, 5.41) is 9.54. The first-order valence-corrected chi connectivity index (χ1v) is 6.70. The summed E-state index contributed by atoms with van der Waals surface area (Å²) in [6, 6.07) is 1.05. The molecule has 1 atom stereocenters. The third-order valence-electron chi connectivity index (χ3n) is 2.19. The molecule has 0 aromatic rings. The summed E-state index contributed by atoms with van der Waals surface area (Å²) in [6.45, 7) is 0.661. The van der Waals surface area contributed by atoms with Crippen molar-refractivity contribution in [2.45, 2.75) is 43.7 Å². The van der Waals surface area contributed by atoms with Crippen molar-refractivity contribution in [3.63, 3.8) is 0 Å². The second-order valence-corrected chi connectivity index (χ2v) is 4.86. The summed E-state index contributed by atoms with van der Waals surface area (Å²) in [5.74, 6) is -0.0776. The molecule has 90 valence electrons. The molecule has 0 bridgehead atoms. The van der Waals surface area contributed by atoms with E-state index in [9.17, 15) is 5.11 Å². The van der Waals surface area contributed by atoms with Crippen LogP contribution >= 0.6 is 0 Å². The van der Waals surface area contributed by atoms with Crippen molar-refractivity contribution in [1.82, 2.24) is 0 Å². The van der Waals surface area contributed by atoms with E-state index in [0.717, 1.165) is 31.7 Å². The van der Waals surface area contributed by atoms with Crippen LogP contribution in [0.15, 0.2) is 0 Å². The summed E-state index contributed by atoms with van der Waals surface area (Å²) >= 11 is 0. The van der Waals surface area contributed by atoms with Gasteiger partial charge in [0.05, 0.1) is 6.10 Å². The van der Waals surface area contributed by atoms with Crippen LogP contribution in [-0.2, 0) is 9.47 Å². The van der Waals surface area contributed by atoms with E-state index in [-0.39, 0.29) is 12.0 Å². The third-order valence-corrected chi connectivity index (χ3v) is 3.64. The quantitative estimate of drug-likeness (QED) is 0.329. The Labute approximate surface area is 95.0 Å². The van der Waals surface area contributed by atoms with Gasteiger partial charge < -0.3 is 20.3 Å². The maximum Gasteiger partial charge on any atom is 0.136 e. The molecule has 0 heterocycles. The van der Waals surface area contributed by atoms with Crippen LogP contribution in [-0.4, -0.2) is 47.4 Å². The Hall–Kier alpha value is 0.0569. The first-order valence-electron chi connectivity index (χ1n) is 5.41. The molecule has 0 rings (SSSR count). The van der Waals surface area contributed by atoms with E-state index in [1.165, 1.54) is 0 Å². The van der Waals surface area contributed by atoms with Gasteiger partial charge in [-0.15, -0.1) is 0 Å². The maximum absolute atomic E-state index is 9.54. The average molecular weight is 233 g/mol. The van der Waals surface area contributed by atoms with Crippen LogP contribution in [0.2, 0.25) is 6.04 Å². The molecule has 3 N–H and O–H groups in total. The van der Waals surface area contributed by atoms with Crippen molar-refractivity contribution in [2.75, 3.05) is 20.8 Å². The average Bonchev–Trinajstić information content (AvgIpc) is 2.26. The van der Waals surface area contributed by atoms with E-state index >= 15 is 0 Å². The number of rotatable bonds is 10. The van der Waals surface area contributed by atoms with Crippen LogP contribution in [0.1, 0.15) is 25.7 Å². The minimum atomic E-state index is -0.193. The highest BCUT2D eigenvalue weighted by Crippen LogP contribution is 2.07. The minimum absolute atomic E-state index is 0.0776. The number of nitrogens with two attached hydrogens (primary N) is 1. The molecule has 0 aromatic carbocycles. The number of hydrogen-bond donors (Lipinski definition) is 2. The molecule has 0 spiro atoms. The fraction of sp³-hybridized carbons (Fsp3) is 1.00. The number of ether oxygens (including phenoxy) is 2. The fourth-order valence-electron chi connectivity index (χ4n) is 1.32. The van der Waals surface area contributed by atoms with Gasteiger partial charge in [-0.1, -0.05) is 12.5 Å². The highest BCUT2D eigenvalue weighted by Gasteiger charge is 2.07. The maximum atomic E-state index is 9.54. The Morgan fingerprint density at radius 3 is 2.33 bits per heavy atom. The van der Waals surface area contributed by atoms with Crippen LogP contribution in [0.4, 0.5) is 0 Å². The van der Waals surface area contributed by atoms with Crippen molar-refractivity contribution >= 4 is 9.52 Å². The van der Waals surface area contributed by atoms with Gasteiger partial charge in [0.15, 0.2) is 0 Å². The summed E-state index contributed by atoms with van der Waals surface area (Å²) in [5.41, 5.74) is 5.36. The van der Waals surface area contributed by atoms with E-state index in [1.54, 1.807) is 14.2 Å². The molecule has 0 saturated heterocycles. The third kappa shape index (κ3) is 9.01. The van der Waals surface area contributed by atoms with Crippen LogP contribution in [0.25, 0.3) is 0 Å². The molecule has 0 aliphatic rings. The predicted octanol–water partition coefficient (Wildman–Crippen LogP) is 0.565. The van der Waals surface area contributed by atoms with E-state index in [2.05, 4.69) is 0 Å². The van der Waals surface area contributed by atoms with Gasteiger partial charge in [0.1, 0.15) is 15.4 Å². The highest BCUT2D eigenvalue weighted by atomic mass is 28.2. The van der Waals surface area contributed by atoms with Crippen molar-refractivity contribution in [2.24, 2.45) is 5.73 Å². The molecule has 0 saturated carbocycles. The molecule has 2 radical (unpaired) electrons. The number of hydrogen-bond acceptors (Lipinski definition) is 4. The Morgan fingerprint density at radius 1 is 1.20 bits per heavy atom. The van der Waals surface area contributed by atoms with Crippen molar-refractivity contribution in [1.29, 1.82) is 0 Å². The lowest BCUT2D eigenvalue weighted by atomic mass is 10.1. The second-order valence-electron chi connectivity index (χ2n) is 3.48. The second kappa shape index (κ2) is 10.6. The zero-order valence-electron chi connectivity index (χ0n) is 9.74. The van der Waals surface area contributed by atoms with Crippen LogP contribution < -0.4 is 5.73 Å². The molecule has 15 heavy (non-hydrogen) atoms. The molecular formula is C10H23NO3Si. The monoisotopic (exact) mass is 233 g/mol. The van der Waals surface area contributed by atoms with Gasteiger partial charge in [0, 0.05) is 14.2 Å². The largest absolute Gasteiger partial charge is 0.393 e. The zero-order chi connectivity index (χ0) is 11.5. The number of aliphatic hydroxyl groups is 1. The Balaban J connectivity index is 3.29. The summed E-state index contributed by atoms with van der Waals surface area (Å²) in [4.78, 5) is 0. The van der Waals surface area contributed by atoms with Gasteiger partial charge in [0.2, 0.25) is 0 Å². The van der Waals surface area contributed by atoms with Crippen molar-refractivity contribution in [3.05, 3.63) is 0 Å². The zero-order valence-corrected chi connectivity index (χ0v) is 10.7. The first-order chi connectivity index (χ1) is 7.24. The summed E-state index contributed by atoms with van der Waals surface area (Å²) < 4.78 is 10.2. The summed E-state index contributed by atoms with van der Waals surface area (Å²) in [7, 11) is 3.95. The number of methoxy groups -OCH3 is 2. The van der Waals surface area contributed by atoms with Gasteiger partial charge >= 0.3 is 0 Å². The summed E-state index contributed by atoms with van der Waals surface area (Å²) in [6.07, 6.45) is 3.40. The van der Waals surface area contributed by atoms with E-state index in [1.807, 2.05) is 0 Å². The predicted molar refractivity (Wildman–Crippen MR) is 61.9 cm³/mol. The molecule has 0 aliphatic heterocycles. The van der Waals surface area contributed by atoms with Gasteiger partial charge in [-0.25, -0.2) is 0 Å².